The quantitative estimate of drug-likeness (QED) is 0.824. The molecule has 0 radical (unpaired) electrons. The van der Waals surface area contributed by atoms with Crippen molar-refractivity contribution in [3.63, 3.8) is 0 Å². The molecular weight excluding hydrogens is 254 g/mol. The van der Waals surface area contributed by atoms with Gasteiger partial charge in [0.25, 0.3) is 0 Å². The Morgan fingerprint density at radius 3 is 2.80 bits per heavy atom. The lowest BCUT2D eigenvalue weighted by Crippen LogP contribution is -2.42. The van der Waals surface area contributed by atoms with E-state index in [0.717, 1.165) is 18.6 Å². The second kappa shape index (κ2) is 7.74. The monoisotopic (exact) mass is 279 g/mol. The second-order valence-electron chi connectivity index (χ2n) is 5.53. The highest BCUT2D eigenvalue weighted by atomic mass is 16.5. The van der Waals surface area contributed by atoms with Crippen LogP contribution in [0, 0.1) is 0 Å². The van der Waals surface area contributed by atoms with Crippen LogP contribution in [-0.4, -0.2) is 55.1 Å². The van der Waals surface area contributed by atoms with Crippen molar-refractivity contribution < 1.29 is 14.6 Å². The number of aliphatic hydroxyl groups excluding tert-OH is 1. The smallest absolute Gasteiger partial charge is 0.0900 e. The number of nitrogens with zero attached hydrogens (tertiary/aromatic N) is 1. The first-order valence-electron chi connectivity index (χ1n) is 7.28. The highest BCUT2D eigenvalue weighted by Crippen LogP contribution is 2.18. The number of aliphatic hydroxyl groups is 1. The van der Waals surface area contributed by atoms with Crippen LogP contribution in [-0.2, 0) is 16.1 Å². The van der Waals surface area contributed by atoms with E-state index in [-0.39, 0.29) is 6.10 Å². The van der Waals surface area contributed by atoms with E-state index in [2.05, 4.69) is 11.8 Å². The number of likely N-dealkylation sites (N-methyl/N-ethyl adjacent to an activating group) is 1. The Morgan fingerprint density at radius 1 is 1.40 bits per heavy atom. The summed E-state index contributed by atoms with van der Waals surface area (Å²) in [5.74, 6) is 0. The Balaban J connectivity index is 1.66. The molecule has 1 heterocycles. The number of hydrogen-bond acceptors (Lipinski definition) is 4. The maximum atomic E-state index is 10.0. The minimum atomic E-state index is -0.462. The third-order valence-corrected chi connectivity index (χ3v) is 3.82. The molecule has 20 heavy (non-hydrogen) atoms. The van der Waals surface area contributed by atoms with E-state index >= 15 is 0 Å². The van der Waals surface area contributed by atoms with Crippen molar-refractivity contribution in [3.8, 4) is 0 Å². The van der Waals surface area contributed by atoms with Crippen molar-refractivity contribution in [3.05, 3.63) is 35.9 Å². The molecule has 3 atom stereocenters. The third kappa shape index (κ3) is 4.56. The van der Waals surface area contributed by atoms with Gasteiger partial charge in [0.2, 0.25) is 0 Å². The van der Waals surface area contributed by atoms with Crippen LogP contribution in [0.2, 0.25) is 0 Å². The van der Waals surface area contributed by atoms with Crippen molar-refractivity contribution in [2.75, 3.05) is 26.8 Å². The van der Waals surface area contributed by atoms with Crippen LogP contribution in [0.3, 0.4) is 0 Å². The van der Waals surface area contributed by atoms with Crippen molar-refractivity contribution in [1.29, 1.82) is 0 Å². The Kier molecular flexibility index (Phi) is 5.98. The van der Waals surface area contributed by atoms with Gasteiger partial charge in [-0.05, 0) is 26.0 Å². The minimum Gasteiger partial charge on any atom is -0.389 e. The molecular formula is C16H25NO3. The van der Waals surface area contributed by atoms with Gasteiger partial charge in [-0.1, -0.05) is 30.3 Å². The fourth-order valence-corrected chi connectivity index (χ4v) is 2.71. The van der Waals surface area contributed by atoms with Crippen LogP contribution in [0.15, 0.2) is 30.3 Å². The summed E-state index contributed by atoms with van der Waals surface area (Å²) in [6, 6.07) is 10.4. The molecule has 3 unspecified atom stereocenters. The SMILES string of the molecule is CC1OCCC1N(C)CC(O)COCc1ccccc1. The van der Waals surface area contributed by atoms with Crippen molar-refractivity contribution in [2.45, 2.75) is 38.2 Å². The average Bonchev–Trinajstić information content (AvgIpc) is 2.86. The molecule has 1 saturated heterocycles. The molecule has 0 amide bonds. The van der Waals surface area contributed by atoms with E-state index in [4.69, 9.17) is 9.47 Å². The maximum absolute atomic E-state index is 10.0. The topological polar surface area (TPSA) is 41.9 Å². The van der Waals surface area contributed by atoms with Crippen LogP contribution in [0.4, 0.5) is 0 Å². The Labute approximate surface area is 121 Å². The fraction of sp³-hybridized carbons (Fsp3) is 0.625. The molecule has 4 heteroatoms. The van der Waals surface area contributed by atoms with Crippen LogP contribution in [0.1, 0.15) is 18.9 Å². The lowest BCUT2D eigenvalue weighted by Gasteiger charge is -2.28. The fourth-order valence-electron chi connectivity index (χ4n) is 2.71. The standard InChI is InChI=1S/C16H25NO3/c1-13-16(8-9-20-13)17(2)10-15(18)12-19-11-14-6-4-3-5-7-14/h3-7,13,15-16,18H,8-12H2,1-2H3. The van der Waals surface area contributed by atoms with Crippen molar-refractivity contribution in [2.24, 2.45) is 0 Å². The third-order valence-electron chi connectivity index (χ3n) is 3.82. The van der Waals surface area contributed by atoms with Crippen LogP contribution < -0.4 is 0 Å². The lowest BCUT2D eigenvalue weighted by atomic mass is 10.1. The van der Waals surface area contributed by atoms with Crippen LogP contribution in [0.5, 0.6) is 0 Å². The summed E-state index contributed by atoms with van der Waals surface area (Å²) >= 11 is 0. The molecule has 1 fully saturated rings. The second-order valence-corrected chi connectivity index (χ2v) is 5.53. The van der Waals surface area contributed by atoms with Gasteiger partial charge in [0, 0.05) is 19.2 Å². The van der Waals surface area contributed by atoms with Crippen LogP contribution >= 0.6 is 0 Å². The first-order chi connectivity index (χ1) is 9.66. The van der Waals surface area contributed by atoms with Gasteiger partial charge in [0.05, 0.1) is 25.4 Å². The number of rotatable bonds is 7. The van der Waals surface area contributed by atoms with E-state index in [1.54, 1.807) is 0 Å². The highest BCUT2D eigenvalue weighted by Gasteiger charge is 2.28. The van der Waals surface area contributed by atoms with E-state index in [9.17, 15) is 5.11 Å². The summed E-state index contributed by atoms with van der Waals surface area (Å²) in [5, 5.41) is 10.0. The molecule has 1 aliphatic rings. The van der Waals surface area contributed by atoms with Gasteiger partial charge in [-0.25, -0.2) is 0 Å². The Bertz CT molecular complexity index is 385. The molecule has 1 aliphatic heterocycles. The van der Waals surface area contributed by atoms with Crippen molar-refractivity contribution in [1.82, 2.24) is 4.90 Å². The van der Waals surface area contributed by atoms with Gasteiger partial charge in [0.1, 0.15) is 0 Å². The highest BCUT2D eigenvalue weighted by molar-refractivity contribution is 5.13. The van der Waals surface area contributed by atoms with Gasteiger partial charge < -0.3 is 14.6 Å². The van der Waals surface area contributed by atoms with Gasteiger partial charge in [-0.15, -0.1) is 0 Å². The number of ether oxygens (including phenoxy) is 2. The molecule has 0 aromatic heterocycles. The van der Waals surface area contributed by atoms with Crippen molar-refractivity contribution >= 4 is 0 Å². The molecule has 0 bridgehead atoms. The Hall–Kier alpha value is -0.940. The van der Waals surface area contributed by atoms with Gasteiger partial charge in [0.15, 0.2) is 0 Å². The van der Waals surface area contributed by atoms with E-state index in [0.29, 0.717) is 25.8 Å². The minimum absolute atomic E-state index is 0.248. The lowest BCUT2D eigenvalue weighted by molar-refractivity contribution is 0.000697. The predicted molar refractivity (Wildman–Crippen MR) is 78.6 cm³/mol. The van der Waals surface area contributed by atoms with Gasteiger partial charge in [-0.2, -0.15) is 0 Å². The summed E-state index contributed by atoms with van der Waals surface area (Å²) < 4.78 is 11.1. The number of benzene rings is 1. The molecule has 1 aromatic carbocycles. The summed E-state index contributed by atoms with van der Waals surface area (Å²) in [5.41, 5.74) is 1.13. The predicted octanol–water partition coefficient (Wildman–Crippen LogP) is 1.67. The zero-order chi connectivity index (χ0) is 14.4. The first kappa shape index (κ1) is 15.4. The Morgan fingerprint density at radius 2 is 2.15 bits per heavy atom. The molecule has 0 saturated carbocycles. The zero-order valence-corrected chi connectivity index (χ0v) is 12.4. The van der Waals surface area contributed by atoms with Crippen LogP contribution in [0.25, 0.3) is 0 Å². The first-order valence-corrected chi connectivity index (χ1v) is 7.28. The molecule has 0 spiro atoms. The van der Waals surface area contributed by atoms with E-state index in [1.165, 1.54) is 0 Å². The maximum Gasteiger partial charge on any atom is 0.0900 e. The van der Waals surface area contributed by atoms with Gasteiger partial charge >= 0.3 is 0 Å². The summed E-state index contributed by atoms with van der Waals surface area (Å²) in [6.45, 7) is 4.43. The molecule has 2 rings (SSSR count). The summed E-state index contributed by atoms with van der Waals surface area (Å²) in [4.78, 5) is 2.17. The largest absolute Gasteiger partial charge is 0.389 e. The number of hydrogen-bond donors (Lipinski definition) is 1. The van der Waals surface area contributed by atoms with E-state index in [1.807, 2.05) is 37.4 Å². The summed E-state index contributed by atoms with van der Waals surface area (Å²) in [7, 11) is 2.04. The van der Waals surface area contributed by atoms with E-state index < -0.39 is 6.10 Å². The molecule has 0 aliphatic carbocycles. The molecule has 1 N–H and O–H groups in total. The zero-order valence-electron chi connectivity index (χ0n) is 12.4. The molecule has 1 aromatic rings. The molecule has 4 nitrogen and oxygen atoms in total. The normalized spacial score (nSPS) is 24.2. The van der Waals surface area contributed by atoms with Gasteiger partial charge in [-0.3, -0.25) is 4.90 Å². The summed E-state index contributed by atoms with van der Waals surface area (Å²) in [6.07, 6.45) is 0.823. The average molecular weight is 279 g/mol. The molecule has 112 valence electrons.